The van der Waals surface area contributed by atoms with E-state index in [-0.39, 0.29) is 0 Å². The molecule has 1 aromatic carbocycles. The van der Waals surface area contributed by atoms with Gasteiger partial charge in [0.25, 0.3) is 0 Å². The topological polar surface area (TPSA) is 20.3 Å². The van der Waals surface area contributed by atoms with E-state index in [9.17, 15) is 4.79 Å². The van der Waals surface area contributed by atoms with Gasteiger partial charge in [0.05, 0.1) is 0 Å². The number of anilines is 1. The van der Waals surface area contributed by atoms with Crippen molar-refractivity contribution < 1.29 is 4.79 Å². The zero-order chi connectivity index (χ0) is 10.7. The maximum Gasteiger partial charge on any atom is 0.152 e. The van der Waals surface area contributed by atoms with Crippen molar-refractivity contribution in [2.75, 3.05) is 11.4 Å². The van der Waals surface area contributed by atoms with Crippen LogP contribution in [0.5, 0.6) is 0 Å². The van der Waals surface area contributed by atoms with Gasteiger partial charge in [0.1, 0.15) is 0 Å². The first-order valence-electron chi connectivity index (χ1n) is 5.67. The van der Waals surface area contributed by atoms with Crippen LogP contribution in [-0.4, -0.2) is 18.9 Å². The third-order valence-corrected chi connectivity index (χ3v) is 2.83. The number of para-hydroxylation sites is 1. The summed E-state index contributed by atoms with van der Waals surface area (Å²) in [7, 11) is 0. The van der Waals surface area contributed by atoms with Gasteiger partial charge in [0.15, 0.2) is 6.29 Å². The van der Waals surface area contributed by atoms with Crippen LogP contribution in [0.15, 0.2) is 24.3 Å². The predicted molar refractivity (Wildman–Crippen MR) is 62.5 cm³/mol. The maximum absolute atomic E-state index is 11.0. The normalized spacial score (nSPS) is 15.0. The van der Waals surface area contributed by atoms with Crippen LogP contribution in [0.1, 0.15) is 36.5 Å². The predicted octanol–water partition coefficient (Wildman–Crippen LogP) is 2.88. The Balaban J connectivity index is 2.27. The summed E-state index contributed by atoms with van der Waals surface area (Å²) in [6.07, 6.45) is 4.63. The molecule has 0 spiro atoms. The summed E-state index contributed by atoms with van der Waals surface area (Å²) in [5.74, 6) is 0. The van der Waals surface area contributed by atoms with Crippen molar-refractivity contribution in [3.8, 4) is 0 Å². The van der Waals surface area contributed by atoms with Crippen molar-refractivity contribution in [1.82, 2.24) is 0 Å². The summed E-state index contributed by atoms with van der Waals surface area (Å²) in [4.78, 5) is 13.3. The van der Waals surface area contributed by atoms with Gasteiger partial charge in [-0.3, -0.25) is 4.79 Å². The highest BCUT2D eigenvalue weighted by atomic mass is 16.1. The van der Waals surface area contributed by atoms with E-state index >= 15 is 0 Å². The smallest absolute Gasteiger partial charge is 0.152 e. The molecule has 0 aromatic heterocycles. The van der Waals surface area contributed by atoms with Gasteiger partial charge in [-0.05, 0) is 31.4 Å². The molecule has 0 heterocycles. The summed E-state index contributed by atoms with van der Waals surface area (Å²) < 4.78 is 0. The monoisotopic (exact) mass is 203 g/mol. The Labute approximate surface area is 90.9 Å². The molecule has 1 saturated carbocycles. The van der Waals surface area contributed by atoms with Crippen molar-refractivity contribution >= 4 is 12.0 Å². The molecule has 1 aromatic rings. The molecule has 0 radical (unpaired) electrons. The summed E-state index contributed by atoms with van der Waals surface area (Å²) in [6, 6.07) is 8.55. The fourth-order valence-corrected chi connectivity index (χ4v) is 1.98. The van der Waals surface area contributed by atoms with E-state index in [1.165, 1.54) is 12.8 Å². The molecule has 0 amide bonds. The van der Waals surface area contributed by atoms with Crippen LogP contribution in [0, 0.1) is 0 Å². The lowest BCUT2D eigenvalue weighted by Crippen LogP contribution is -2.27. The van der Waals surface area contributed by atoms with Gasteiger partial charge < -0.3 is 4.90 Å². The number of hydrogen-bond acceptors (Lipinski definition) is 2. The summed E-state index contributed by atoms with van der Waals surface area (Å²) in [6.45, 7) is 3.23. The Morgan fingerprint density at radius 1 is 1.40 bits per heavy atom. The van der Waals surface area contributed by atoms with Gasteiger partial charge in [-0.25, -0.2) is 0 Å². The Kier molecular flexibility index (Phi) is 3.05. The van der Waals surface area contributed by atoms with Crippen molar-refractivity contribution in [2.45, 2.75) is 32.2 Å². The van der Waals surface area contributed by atoms with Crippen LogP contribution in [0.4, 0.5) is 5.69 Å². The molecule has 80 valence electrons. The van der Waals surface area contributed by atoms with E-state index in [1.54, 1.807) is 0 Å². The fourth-order valence-electron chi connectivity index (χ4n) is 1.98. The molecule has 15 heavy (non-hydrogen) atoms. The minimum absolute atomic E-state index is 0.672. The van der Waals surface area contributed by atoms with Gasteiger partial charge in [-0.1, -0.05) is 19.1 Å². The van der Waals surface area contributed by atoms with Crippen LogP contribution >= 0.6 is 0 Å². The van der Waals surface area contributed by atoms with E-state index in [1.807, 2.05) is 18.2 Å². The molecule has 0 aliphatic heterocycles. The van der Waals surface area contributed by atoms with Gasteiger partial charge in [-0.15, -0.1) is 0 Å². The lowest BCUT2D eigenvalue weighted by Gasteiger charge is -2.25. The van der Waals surface area contributed by atoms with Crippen LogP contribution < -0.4 is 4.90 Å². The first kappa shape index (κ1) is 10.2. The van der Waals surface area contributed by atoms with Crippen LogP contribution in [-0.2, 0) is 0 Å². The van der Waals surface area contributed by atoms with Gasteiger partial charge >= 0.3 is 0 Å². The molecular weight excluding hydrogens is 186 g/mol. The van der Waals surface area contributed by atoms with Crippen molar-refractivity contribution in [1.29, 1.82) is 0 Å². The third-order valence-electron chi connectivity index (χ3n) is 2.83. The Bertz CT molecular complexity index is 344. The minimum Gasteiger partial charge on any atom is -0.368 e. The van der Waals surface area contributed by atoms with E-state index in [2.05, 4.69) is 17.9 Å². The Morgan fingerprint density at radius 3 is 2.73 bits per heavy atom. The maximum atomic E-state index is 11.0. The lowest BCUT2D eigenvalue weighted by molar-refractivity contribution is 0.112. The van der Waals surface area contributed by atoms with Crippen LogP contribution in [0.25, 0.3) is 0 Å². The number of benzene rings is 1. The molecule has 0 bridgehead atoms. The van der Waals surface area contributed by atoms with E-state index < -0.39 is 0 Å². The average molecular weight is 203 g/mol. The molecule has 0 N–H and O–H groups in total. The standard InChI is InChI=1S/C13H17NO/c1-2-9-14(12-7-8-12)13-6-4-3-5-11(13)10-15/h3-6,10,12H,2,7-9H2,1H3. The molecule has 0 atom stereocenters. The van der Waals surface area contributed by atoms with Crippen molar-refractivity contribution in [2.24, 2.45) is 0 Å². The quantitative estimate of drug-likeness (QED) is 0.686. The average Bonchev–Trinajstić information content (AvgIpc) is 3.10. The minimum atomic E-state index is 0.672. The van der Waals surface area contributed by atoms with Crippen LogP contribution in [0.3, 0.4) is 0 Å². The second kappa shape index (κ2) is 4.47. The van der Waals surface area contributed by atoms with Gasteiger partial charge in [0, 0.05) is 23.8 Å². The SMILES string of the molecule is CCCN(c1ccccc1C=O)C1CC1. The molecule has 1 aliphatic rings. The van der Waals surface area contributed by atoms with Crippen LogP contribution in [0.2, 0.25) is 0 Å². The number of carbonyl (C=O) groups is 1. The van der Waals surface area contributed by atoms with Gasteiger partial charge in [-0.2, -0.15) is 0 Å². The van der Waals surface area contributed by atoms with E-state index in [4.69, 9.17) is 0 Å². The third kappa shape index (κ3) is 2.20. The number of hydrogen-bond donors (Lipinski definition) is 0. The number of rotatable bonds is 5. The molecule has 2 nitrogen and oxygen atoms in total. The molecule has 0 unspecified atom stereocenters. The molecule has 0 saturated heterocycles. The largest absolute Gasteiger partial charge is 0.368 e. The first-order chi connectivity index (χ1) is 7.36. The molecule has 1 fully saturated rings. The second-order valence-electron chi connectivity index (χ2n) is 4.10. The second-order valence-corrected chi connectivity index (χ2v) is 4.10. The summed E-state index contributed by atoms with van der Waals surface area (Å²) in [5.41, 5.74) is 1.93. The zero-order valence-corrected chi connectivity index (χ0v) is 9.15. The summed E-state index contributed by atoms with van der Waals surface area (Å²) >= 11 is 0. The molecule has 1 aliphatic carbocycles. The highest BCUT2D eigenvalue weighted by molar-refractivity contribution is 5.84. The van der Waals surface area contributed by atoms with Gasteiger partial charge in [0.2, 0.25) is 0 Å². The molecule has 2 heteroatoms. The first-order valence-corrected chi connectivity index (χ1v) is 5.67. The number of nitrogens with zero attached hydrogens (tertiary/aromatic N) is 1. The Morgan fingerprint density at radius 2 is 2.13 bits per heavy atom. The zero-order valence-electron chi connectivity index (χ0n) is 9.15. The van der Waals surface area contributed by atoms with E-state index in [0.29, 0.717) is 6.04 Å². The van der Waals surface area contributed by atoms with E-state index in [0.717, 1.165) is 30.5 Å². The van der Waals surface area contributed by atoms with Crippen molar-refractivity contribution in [3.63, 3.8) is 0 Å². The van der Waals surface area contributed by atoms with Crippen molar-refractivity contribution in [3.05, 3.63) is 29.8 Å². The Hall–Kier alpha value is -1.31. The fraction of sp³-hybridized carbons (Fsp3) is 0.462. The molecular formula is C13H17NO. The number of carbonyl (C=O) groups excluding carboxylic acids is 1. The number of aldehydes is 1. The lowest BCUT2D eigenvalue weighted by atomic mass is 10.1. The highest BCUT2D eigenvalue weighted by Gasteiger charge is 2.29. The highest BCUT2D eigenvalue weighted by Crippen LogP contribution is 2.33. The summed E-state index contributed by atoms with van der Waals surface area (Å²) in [5, 5.41) is 0. The molecule has 2 rings (SSSR count).